The third-order valence-corrected chi connectivity index (χ3v) is 3.45. The Morgan fingerprint density at radius 3 is 2.71 bits per heavy atom. The van der Waals surface area contributed by atoms with Gasteiger partial charge in [-0.05, 0) is 49.6 Å². The summed E-state index contributed by atoms with van der Waals surface area (Å²) in [5, 5.41) is 12.4. The van der Waals surface area contributed by atoms with Crippen LogP contribution in [0.2, 0.25) is 0 Å². The number of hydrogen-bond donors (Lipinski definition) is 3. The SMILES string of the molecule is Cc1ccccc1CC(C)NC(=O)c1cc(O)ccc1N. The van der Waals surface area contributed by atoms with Crippen LogP contribution in [0.4, 0.5) is 5.69 Å². The average Bonchev–Trinajstić information content (AvgIpc) is 2.44. The molecule has 0 fully saturated rings. The lowest BCUT2D eigenvalue weighted by Gasteiger charge is -2.16. The Balaban J connectivity index is 2.06. The molecule has 1 unspecified atom stereocenters. The van der Waals surface area contributed by atoms with Gasteiger partial charge in [0.1, 0.15) is 5.75 Å². The maximum Gasteiger partial charge on any atom is 0.253 e. The first-order valence-corrected chi connectivity index (χ1v) is 6.91. The van der Waals surface area contributed by atoms with E-state index in [1.165, 1.54) is 29.3 Å². The topological polar surface area (TPSA) is 75.3 Å². The molecule has 0 heterocycles. The van der Waals surface area contributed by atoms with Crippen molar-refractivity contribution in [2.75, 3.05) is 5.73 Å². The Labute approximate surface area is 124 Å². The first kappa shape index (κ1) is 14.9. The smallest absolute Gasteiger partial charge is 0.253 e. The highest BCUT2D eigenvalue weighted by Gasteiger charge is 2.14. The minimum Gasteiger partial charge on any atom is -0.508 e. The van der Waals surface area contributed by atoms with E-state index in [2.05, 4.69) is 24.4 Å². The normalized spacial score (nSPS) is 11.9. The molecule has 0 saturated heterocycles. The molecule has 0 aliphatic rings. The molecular weight excluding hydrogens is 264 g/mol. The molecule has 0 aromatic heterocycles. The number of anilines is 1. The summed E-state index contributed by atoms with van der Waals surface area (Å²) in [5.74, 6) is -0.245. The number of amides is 1. The van der Waals surface area contributed by atoms with Gasteiger partial charge in [0, 0.05) is 11.7 Å². The summed E-state index contributed by atoms with van der Waals surface area (Å²) in [6.07, 6.45) is 0.747. The van der Waals surface area contributed by atoms with Crippen LogP contribution in [-0.4, -0.2) is 17.1 Å². The van der Waals surface area contributed by atoms with Crippen molar-refractivity contribution in [3.63, 3.8) is 0 Å². The van der Waals surface area contributed by atoms with E-state index in [1.807, 2.05) is 19.1 Å². The van der Waals surface area contributed by atoms with Gasteiger partial charge < -0.3 is 16.2 Å². The van der Waals surface area contributed by atoms with E-state index in [0.29, 0.717) is 11.3 Å². The van der Waals surface area contributed by atoms with E-state index in [1.54, 1.807) is 0 Å². The fraction of sp³-hybridized carbons (Fsp3) is 0.235. The molecule has 4 N–H and O–H groups in total. The zero-order chi connectivity index (χ0) is 15.4. The van der Waals surface area contributed by atoms with E-state index in [9.17, 15) is 9.90 Å². The maximum atomic E-state index is 12.2. The summed E-state index contributed by atoms with van der Waals surface area (Å²) in [5.41, 5.74) is 8.83. The Morgan fingerprint density at radius 2 is 2.00 bits per heavy atom. The molecular formula is C17H20N2O2. The number of aryl methyl sites for hydroxylation is 1. The summed E-state index contributed by atoms with van der Waals surface area (Å²) in [6, 6.07) is 12.4. The lowest BCUT2D eigenvalue weighted by Crippen LogP contribution is -2.34. The number of aromatic hydroxyl groups is 1. The molecule has 4 heteroatoms. The average molecular weight is 284 g/mol. The second kappa shape index (κ2) is 6.31. The van der Waals surface area contributed by atoms with Gasteiger partial charge in [0.15, 0.2) is 0 Å². The number of carbonyl (C=O) groups excluding carboxylic acids is 1. The fourth-order valence-electron chi connectivity index (χ4n) is 2.26. The number of hydrogen-bond acceptors (Lipinski definition) is 3. The fourth-order valence-corrected chi connectivity index (χ4v) is 2.26. The van der Waals surface area contributed by atoms with Gasteiger partial charge in [-0.1, -0.05) is 24.3 Å². The predicted molar refractivity (Wildman–Crippen MR) is 84.3 cm³/mol. The van der Waals surface area contributed by atoms with Crippen LogP contribution in [0.15, 0.2) is 42.5 Å². The minimum atomic E-state index is -0.274. The number of carbonyl (C=O) groups is 1. The van der Waals surface area contributed by atoms with E-state index in [-0.39, 0.29) is 17.7 Å². The molecule has 0 radical (unpaired) electrons. The van der Waals surface area contributed by atoms with Gasteiger partial charge >= 0.3 is 0 Å². The van der Waals surface area contributed by atoms with E-state index < -0.39 is 0 Å². The molecule has 0 aliphatic heterocycles. The molecule has 0 aliphatic carbocycles. The van der Waals surface area contributed by atoms with E-state index >= 15 is 0 Å². The van der Waals surface area contributed by atoms with E-state index in [0.717, 1.165) is 6.42 Å². The van der Waals surface area contributed by atoms with Gasteiger partial charge in [0.25, 0.3) is 5.91 Å². The van der Waals surface area contributed by atoms with Crippen molar-refractivity contribution in [3.05, 3.63) is 59.2 Å². The molecule has 2 aromatic carbocycles. The van der Waals surface area contributed by atoms with Crippen LogP contribution in [0.25, 0.3) is 0 Å². The van der Waals surface area contributed by atoms with Crippen molar-refractivity contribution in [1.82, 2.24) is 5.32 Å². The number of nitrogens with one attached hydrogen (secondary N) is 1. The van der Waals surface area contributed by atoms with Crippen LogP contribution in [0.3, 0.4) is 0 Å². The number of nitrogen functional groups attached to an aromatic ring is 1. The maximum absolute atomic E-state index is 12.2. The standard InChI is InChI=1S/C17H20N2O2/c1-11-5-3-4-6-13(11)9-12(2)19-17(21)15-10-14(20)7-8-16(15)18/h3-8,10,12,20H,9,18H2,1-2H3,(H,19,21). The zero-order valence-corrected chi connectivity index (χ0v) is 12.3. The van der Waals surface area contributed by atoms with Crippen molar-refractivity contribution in [2.24, 2.45) is 0 Å². The van der Waals surface area contributed by atoms with Gasteiger partial charge in [-0.25, -0.2) is 0 Å². The van der Waals surface area contributed by atoms with E-state index in [4.69, 9.17) is 5.73 Å². The van der Waals surface area contributed by atoms with Gasteiger partial charge in [-0.3, -0.25) is 4.79 Å². The van der Waals surface area contributed by atoms with Gasteiger partial charge in [0.05, 0.1) is 5.56 Å². The van der Waals surface area contributed by atoms with Crippen molar-refractivity contribution < 1.29 is 9.90 Å². The number of nitrogens with two attached hydrogens (primary N) is 1. The van der Waals surface area contributed by atoms with Gasteiger partial charge in [-0.15, -0.1) is 0 Å². The Morgan fingerprint density at radius 1 is 1.29 bits per heavy atom. The van der Waals surface area contributed by atoms with Crippen LogP contribution in [0.1, 0.15) is 28.4 Å². The predicted octanol–water partition coefficient (Wildman–Crippen LogP) is 2.64. The Hall–Kier alpha value is -2.49. The van der Waals surface area contributed by atoms with Crippen molar-refractivity contribution in [3.8, 4) is 5.75 Å². The largest absolute Gasteiger partial charge is 0.508 e. The first-order chi connectivity index (χ1) is 9.97. The number of phenolic OH excluding ortho intramolecular Hbond substituents is 1. The number of phenols is 1. The zero-order valence-electron chi connectivity index (χ0n) is 12.3. The van der Waals surface area contributed by atoms with Crippen molar-refractivity contribution in [2.45, 2.75) is 26.3 Å². The highest BCUT2D eigenvalue weighted by Crippen LogP contribution is 2.18. The molecule has 21 heavy (non-hydrogen) atoms. The summed E-state index contributed by atoms with van der Waals surface area (Å²) in [4.78, 5) is 12.2. The highest BCUT2D eigenvalue weighted by atomic mass is 16.3. The highest BCUT2D eigenvalue weighted by molar-refractivity contribution is 5.99. The molecule has 0 spiro atoms. The molecule has 1 amide bonds. The Bertz CT molecular complexity index is 653. The lowest BCUT2D eigenvalue weighted by atomic mass is 10.0. The third-order valence-electron chi connectivity index (χ3n) is 3.45. The van der Waals surface area contributed by atoms with Crippen LogP contribution >= 0.6 is 0 Å². The van der Waals surface area contributed by atoms with Crippen molar-refractivity contribution in [1.29, 1.82) is 0 Å². The second-order valence-corrected chi connectivity index (χ2v) is 5.28. The first-order valence-electron chi connectivity index (χ1n) is 6.91. The summed E-state index contributed by atoms with van der Waals surface area (Å²) < 4.78 is 0. The van der Waals surface area contributed by atoms with Crippen LogP contribution < -0.4 is 11.1 Å². The molecule has 1 atom stereocenters. The van der Waals surface area contributed by atoms with Crippen molar-refractivity contribution >= 4 is 11.6 Å². The van der Waals surface area contributed by atoms with Gasteiger partial charge in [-0.2, -0.15) is 0 Å². The molecule has 0 saturated carbocycles. The second-order valence-electron chi connectivity index (χ2n) is 5.28. The molecule has 2 aromatic rings. The van der Waals surface area contributed by atoms with Crippen LogP contribution in [-0.2, 0) is 6.42 Å². The number of benzene rings is 2. The molecule has 4 nitrogen and oxygen atoms in total. The molecule has 0 bridgehead atoms. The third kappa shape index (κ3) is 3.75. The lowest BCUT2D eigenvalue weighted by molar-refractivity contribution is 0.0940. The molecule has 2 rings (SSSR count). The summed E-state index contributed by atoms with van der Waals surface area (Å²) in [6.45, 7) is 4.00. The summed E-state index contributed by atoms with van der Waals surface area (Å²) in [7, 11) is 0. The van der Waals surface area contributed by atoms with Crippen LogP contribution in [0.5, 0.6) is 5.75 Å². The van der Waals surface area contributed by atoms with Crippen LogP contribution in [0, 0.1) is 6.92 Å². The minimum absolute atomic E-state index is 0.0275. The quantitative estimate of drug-likeness (QED) is 0.597. The van der Waals surface area contributed by atoms with Gasteiger partial charge in [0.2, 0.25) is 0 Å². The monoisotopic (exact) mass is 284 g/mol. The molecule has 110 valence electrons. The Kier molecular flexibility index (Phi) is 4.48. The number of rotatable bonds is 4. The summed E-state index contributed by atoms with van der Waals surface area (Å²) >= 11 is 0.